The molecule has 0 unspecified atom stereocenters. The third-order valence-electron chi connectivity index (χ3n) is 4.59. The lowest BCUT2D eigenvalue weighted by atomic mass is 10.1. The van der Waals surface area contributed by atoms with Crippen LogP contribution in [0.3, 0.4) is 0 Å². The summed E-state index contributed by atoms with van der Waals surface area (Å²) in [5.74, 6) is -2.57. The fourth-order valence-corrected chi connectivity index (χ4v) is 2.85. The van der Waals surface area contributed by atoms with E-state index in [4.69, 9.17) is 9.47 Å². The predicted octanol–water partition coefficient (Wildman–Crippen LogP) is 2.92. The van der Waals surface area contributed by atoms with Gasteiger partial charge in [0.25, 0.3) is 0 Å². The van der Waals surface area contributed by atoms with E-state index in [1.54, 1.807) is 48.5 Å². The highest BCUT2D eigenvalue weighted by atomic mass is 16.6. The minimum absolute atomic E-state index is 0.0187. The minimum atomic E-state index is -1.28. The largest absolute Gasteiger partial charge is 0.480 e. The van der Waals surface area contributed by atoms with Crippen molar-refractivity contribution >= 4 is 24.1 Å². The Hall–Kier alpha value is -4.08. The highest BCUT2D eigenvalue weighted by molar-refractivity contribution is 5.80. The van der Waals surface area contributed by atoms with Gasteiger partial charge in [0.05, 0.1) is 0 Å². The molecule has 2 aromatic rings. The first kappa shape index (κ1) is 25.2. The molecule has 2 rings (SSSR count). The van der Waals surface area contributed by atoms with Crippen LogP contribution in [0.1, 0.15) is 30.4 Å². The molecule has 33 heavy (non-hydrogen) atoms. The van der Waals surface area contributed by atoms with Crippen LogP contribution in [-0.2, 0) is 32.3 Å². The molecule has 0 fully saturated rings. The van der Waals surface area contributed by atoms with Gasteiger partial charge in [0.2, 0.25) is 0 Å². The highest BCUT2D eigenvalue weighted by Crippen LogP contribution is 2.08. The van der Waals surface area contributed by atoms with E-state index >= 15 is 0 Å². The van der Waals surface area contributed by atoms with E-state index < -0.39 is 36.2 Å². The van der Waals surface area contributed by atoms with Gasteiger partial charge in [-0.2, -0.15) is 0 Å². The van der Waals surface area contributed by atoms with Crippen LogP contribution in [0.15, 0.2) is 60.7 Å². The van der Waals surface area contributed by atoms with Gasteiger partial charge in [-0.3, -0.25) is 0 Å². The van der Waals surface area contributed by atoms with Crippen LogP contribution in [0, 0.1) is 0 Å². The summed E-state index contributed by atoms with van der Waals surface area (Å²) in [4.78, 5) is 46.7. The molecular formula is C23H26N2O8. The Kier molecular flexibility index (Phi) is 10.2. The third kappa shape index (κ3) is 9.72. The van der Waals surface area contributed by atoms with E-state index in [2.05, 4.69) is 10.6 Å². The summed E-state index contributed by atoms with van der Waals surface area (Å²) in [6, 6.07) is 15.2. The number of hydrogen-bond donors (Lipinski definition) is 4. The zero-order valence-electron chi connectivity index (χ0n) is 17.8. The number of alkyl carbamates (subject to hydrolysis) is 2. The van der Waals surface area contributed by atoms with Crippen LogP contribution in [0.25, 0.3) is 0 Å². The van der Waals surface area contributed by atoms with Crippen LogP contribution in [-0.4, -0.2) is 46.4 Å². The van der Waals surface area contributed by atoms with Gasteiger partial charge in [-0.1, -0.05) is 60.7 Å². The molecule has 2 atom stereocenters. The first-order valence-electron chi connectivity index (χ1n) is 10.2. The highest BCUT2D eigenvalue weighted by Gasteiger charge is 2.24. The molecule has 0 radical (unpaired) electrons. The Balaban J connectivity index is 1.76. The van der Waals surface area contributed by atoms with E-state index in [-0.39, 0.29) is 32.5 Å². The first-order valence-corrected chi connectivity index (χ1v) is 10.2. The second-order valence-corrected chi connectivity index (χ2v) is 7.12. The van der Waals surface area contributed by atoms with Gasteiger partial charge in [0, 0.05) is 0 Å². The fourth-order valence-electron chi connectivity index (χ4n) is 2.85. The van der Waals surface area contributed by atoms with Gasteiger partial charge in [-0.15, -0.1) is 0 Å². The van der Waals surface area contributed by atoms with Crippen molar-refractivity contribution in [2.45, 2.75) is 44.6 Å². The number of carboxylic acid groups (broad SMARTS) is 2. The molecule has 4 N–H and O–H groups in total. The summed E-state index contributed by atoms with van der Waals surface area (Å²) < 4.78 is 10.0. The molecule has 0 bridgehead atoms. The van der Waals surface area contributed by atoms with E-state index in [1.807, 2.05) is 12.1 Å². The van der Waals surface area contributed by atoms with Crippen molar-refractivity contribution in [3.63, 3.8) is 0 Å². The van der Waals surface area contributed by atoms with Crippen LogP contribution in [0.2, 0.25) is 0 Å². The minimum Gasteiger partial charge on any atom is -0.480 e. The number of benzene rings is 2. The lowest BCUT2D eigenvalue weighted by molar-refractivity contribution is -0.139. The maximum atomic E-state index is 11.9. The summed E-state index contributed by atoms with van der Waals surface area (Å²) in [7, 11) is 0. The van der Waals surface area contributed by atoms with Crippen LogP contribution in [0.4, 0.5) is 9.59 Å². The molecule has 0 aliphatic carbocycles. The van der Waals surface area contributed by atoms with E-state index in [9.17, 15) is 29.4 Å². The predicted molar refractivity (Wildman–Crippen MR) is 116 cm³/mol. The standard InChI is InChI=1S/C23H26N2O8/c26-20(27)18(24-22(30)32-14-16-8-3-1-4-9-16)12-7-13-19(21(28)29)25-23(31)33-15-17-10-5-2-6-11-17/h1-6,8-11,18-19H,7,12-15H2,(H,24,30)(H,25,31)(H,26,27)(H,28,29)/t18-,19+. The lowest BCUT2D eigenvalue weighted by Gasteiger charge is -2.17. The normalized spacial score (nSPS) is 12.1. The molecule has 0 heterocycles. The zero-order valence-corrected chi connectivity index (χ0v) is 17.8. The van der Waals surface area contributed by atoms with Crippen molar-refractivity contribution in [3.05, 3.63) is 71.8 Å². The number of aliphatic carboxylic acids is 2. The number of rotatable bonds is 12. The molecule has 176 valence electrons. The Morgan fingerprint density at radius 3 is 1.36 bits per heavy atom. The molecule has 0 aliphatic rings. The number of hydrogen-bond acceptors (Lipinski definition) is 6. The molecule has 10 nitrogen and oxygen atoms in total. The van der Waals surface area contributed by atoms with Gasteiger partial charge < -0.3 is 30.3 Å². The van der Waals surface area contributed by atoms with Crippen molar-refractivity contribution in [3.8, 4) is 0 Å². The average Bonchev–Trinajstić information content (AvgIpc) is 2.81. The number of carboxylic acids is 2. The average molecular weight is 458 g/mol. The fraction of sp³-hybridized carbons (Fsp3) is 0.304. The van der Waals surface area contributed by atoms with Crippen molar-refractivity contribution < 1.29 is 38.9 Å². The second-order valence-electron chi connectivity index (χ2n) is 7.12. The van der Waals surface area contributed by atoms with E-state index in [0.29, 0.717) is 0 Å². The number of nitrogens with one attached hydrogen (secondary N) is 2. The monoisotopic (exact) mass is 458 g/mol. The quantitative estimate of drug-likeness (QED) is 0.379. The molecule has 0 aromatic heterocycles. The Morgan fingerprint density at radius 1 is 0.667 bits per heavy atom. The molecule has 0 aliphatic heterocycles. The summed E-state index contributed by atoms with van der Waals surface area (Å²) in [5.41, 5.74) is 1.49. The van der Waals surface area contributed by atoms with Gasteiger partial charge >= 0.3 is 24.1 Å². The number of ether oxygens (including phenoxy) is 2. The second kappa shape index (κ2) is 13.4. The molecule has 2 amide bonds. The van der Waals surface area contributed by atoms with Crippen molar-refractivity contribution in [1.29, 1.82) is 0 Å². The summed E-state index contributed by atoms with van der Waals surface area (Å²) in [5, 5.41) is 23.2. The van der Waals surface area contributed by atoms with Crippen molar-refractivity contribution in [2.75, 3.05) is 0 Å². The molecule has 0 saturated carbocycles. The van der Waals surface area contributed by atoms with Crippen LogP contribution >= 0.6 is 0 Å². The maximum absolute atomic E-state index is 11.9. The number of amides is 2. The zero-order chi connectivity index (χ0) is 24.1. The third-order valence-corrected chi connectivity index (χ3v) is 4.59. The van der Waals surface area contributed by atoms with E-state index in [0.717, 1.165) is 11.1 Å². The maximum Gasteiger partial charge on any atom is 0.408 e. The first-order chi connectivity index (χ1) is 15.8. The summed E-state index contributed by atoms with van der Waals surface area (Å²) in [6.07, 6.45) is -1.81. The molecule has 0 saturated heterocycles. The van der Waals surface area contributed by atoms with Crippen molar-refractivity contribution in [1.82, 2.24) is 10.6 Å². The van der Waals surface area contributed by atoms with Gasteiger partial charge in [0.1, 0.15) is 25.3 Å². The summed E-state index contributed by atoms with van der Waals surface area (Å²) >= 11 is 0. The number of carbonyl (C=O) groups excluding carboxylic acids is 2. The Bertz CT molecular complexity index is 845. The van der Waals surface area contributed by atoms with Gasteiger partial charge in [-0.25, -0.2) is 19.2 Å². The lowest BCUT2D eigenvalue weighted by Crippen LogP contribution is -2.43. The number of carbonyl (C=O) groups is 4. The molecule has 0 spiro atoms. The Morgan fingerprint density at radius 2 is 1.03 bits per heavy atom. The molecule has 10 heteroatoms. The SMILES string of the molecule is O=C(N[C@@H](CCC[C@@H](NC(=O)OCc1ccccc1)C(=O)O)C(=O)O)OCc1ccccc1. The van der Waals surface area contributed by atoms with Crippen LogP contribution < -0.4 is 10.6 Å². The smallest absolute Gasteiger partial charge is 0.408 e. The molecule has 2 aromatic carbocycles. The summed E-state index contributed by atoms with van der Waals surface area (Å²) in [6.45, 7) is -0.0375. The van der Waals surface area contributed by atoms with Gasteiger partial charge in [-0.05, 0) is 30.4 Å². The Labute approximate surface area is 190 Å². The van der Waals surface area contributed by atoms with Crippen molar-refractivity contribution in [2.24, 2.45) is 0 Å². The van der Waals surface area contributed by atoms with E-state index in [1.165, 1.54) is 0 Å². The topological polar surface area (TPSA) is 151 Å². The van der Waals surface area contributed by atoms with Gasteiger partial charge in [0.15, 0.2) is 0 Å². The molecular weight excluding hydrogens is 432 g/mol. The van der Waals surface area contributed by atoms with Crippen LogP contribution in [0.5, 0.6) is 0 Å².